The summed E-state index contributed by atoms with van der Waals surface area (Å²) < 4.78 is 10.5. The molecule has 6 nitrogen and oxygen atoms in total. The summed E-state index contributed by atoms with van der Waals surface area (Å²) in [6.45, 7) is 2.29. The molecule has 2 heterocycles. The number of benzene rings is 1. The minimum atomic E-state index is -0.261. The molecule has 20 heavy (non-hydrogen) atoms. The van der Waals surface area contributed by atoms with Crippen molar-refractivity contribution >= 4 is 17.2 Å². The second-order valence-electron chi connectivity index (χ2n) is 4.34. The fourth-order valence-electron chi connectivity index (χ4n) is 1.93. The third-order valence-corrected chi connectivity index (χ3v) is 3.90. The number of rotatable bonds is 3. The average Bonchev–Trinajstić information content (AvgIpc) is 3.01. The van der Waals surface area contributed by atoms with E-state index < -0.39 is 0 Å². The SMILES string of the molecule is Cc1[nH]c(=O)sc1C(=O)NCc1ccc2c(c1)OCO2. The lowest BCUT2D eigenvalue weighted by Gasteiger charge is -2.05. The number of fused-ring (bicyclic) bond motifs is 1. The molecule has 0 saturated carbocycles. The Kier molecular flexibility index (Phi) is 3.19. The van der Waals surface area contributed by atoms with E-state index in [9.17, 15) is 9.59 Å². The van der Waals surface area contributed by atoms with Crippen molar-refractivity contribution in [1.82, 2.24) is 10.3 Å². The largest absolute Gasteiger partial charge is 0.454 e. The molecular formula is C13H12N2O4S. The van der Waals surface area contributed by atoms with Gasteiger partial charge >= 0.3 is 4.87 Å². The van der Waals surface area contributed by atoms with E-state index in [1.54, 1.807) is 6.92 Å². The van der Waals surface area contributed by atoms with Gasteiger partial charge in [-0.05, 0) is 24.6 Å². The van der Waals surface area contributed by atoms with Gasteiger partial charge in [-0.1, -0.05) is 17.4 Å². The Hall–Kier alpha value is -2.28. The van der Waals surface area contributed by atoms with Crippen LogP contribution in [0, 0.1) is 6.92 Å². The second kappa shape index (κ2) is 5.01. The van der Waals surface area contributed by atoms with Crippen LogP contribution in [-0.4, -0.2) is 17.7 Å². The Labute approximate surface area is 118 Å². The molecule has 0 unspecified atom stereocenters. The number of carbonyl (C=O) groups is 1. The summed E-state index contributed by atoms with van der Waals surface area (Å²) in [6.07, 6.45) is 0. The van der Waals surface area contributed by atoms with Gasteiger partial charge < -0.3 is 19.8 Å². The number of amides is 1. The molecule has 0 spiro atoms. The summed E-state index contributed by atoms with van der Waals surface area (Å²) in [5.74, 6) is 1.13. The molecule has 0 atom stereocenters. The lowest BCUT2D eigenvalue weighted by atomic mass is 10.2. The summed E-state index contributed by atoms with van der Waals surface area (Å²) in [5, 5.41) is 2.78. The highest BCUT2D eigenvalue weighted by molar-refractivity contribution is 7.11. The molecule has 1 aromatic heterocycles. The van der Waals surface area contributed by atoms with Gasteiger partial charge in [0.05, 0.1) is 0 Å². The molecule has 3 rings (SSSR count). The molecular weight excluding hydrogens is 280 g/mol. The van der Waals surface area contributed by atoms with E-state index in [4.69, 9.17) is 9.47 Å². The quantitative estimate of drug-likeness (QED) is 0.896. The van der Waals surface area contributed by atoms with Crippen molar-refractivity contribution in [1.29, 1.82) is 0 Å². The molecule has 2 N–H and O–H groups in total. The smallest absolute Gasteiger partial charge is 0.305 e. The minimum absolute atomic E-state index is 0.224. The van der Waals surface area contributed by atoms with Crippen molar-refractivity contribution in [3.8, 4) is 11.5 Å². The molecule has 1 aliphatic rings. The van der Waals surface area contributed by atoms with Crippen molar-refractivity contribution in [2.75, 3.05) is 6.79 Å². The maximum absolute atomic E-state index is 12.0. The van der Waals surface area contributed by atoms with Crippen LogP contribution < -0.4 is 19.7 Å². The van der Waals surface area contributed by atoms with Gasteiger partial charge in [-0.15, -0.1) is 0 Å². The highest BCUT2D eigenvalue weighted by atomic mass is 32.1. The molecule has 0 aliphatic carbocycles. The van der Waals surface area contributed by atoms with Crippen LogP contribution in [0.2, 0.25) is 0 Å². The van der Waals surface area contributed by atoms with Crippen molar-refractivity contribution in [2.45, 2.75) is 13.5 Å². The molecule has 104 valence electrons. The van der Waals surface area contributed by atoms with Crippen LogP contribution in [-0.2, 0) is 6.54 Å². The number of nitrogens with one attached hydrogen (secondary N) is 2. The molecule has 0 radical (unpaired) electrons. The lowest BCUT2D eigenvalue weighted by Crippen LogP contribution is -2.22. The Morgan fingerprint density at radius 1 is 1.40 bits per heavy atom. The number of aromatic amines is 1. The monoisotopic (exact) mass is 292 g/mol. The van der Waals surface area contributed by atoms with Crippen LogP contribution in [0.5, 0.6) is 11.5 Å². The van der Waals surface area contributed by atoms with E-state index >= 15 is 0 Å². The average molecular weight is 292 g/mol. The zero-order chi connectivity index (χ0) is 14.1. The second-order valence-corrected chi connectivity index (χ2v) is 5.32. The third-order valence-electron chi connectivity index (χ3n) is 2.92. The zero-order valence-electron chi connectivity index (χ0n) is 10.7. The molecule has 1 amide bonds. The zero-order valence-corrected chi connectivity index (χ0v) is 11.5. The first-order valence-electron chi connectivity index (χ1n) is 6.00. The van der Waals surface area contributed by atoms with E-state index in [-0.39, 0.29) is 17.6 Å². The van der Waals surface area contributed by atoms with Crippen LogP contribution in [0.4, 0.5) is 0 Å². The molecule has 0 saturated heterocycles. The van der Waals surface area contributed by atoms with Crippen LogP contribution in [0.15, 0.2) is 23.0 Å². The van der Waals surface area contributed by atoms with Gasteiger partial charge in [0.1, 0.15) is 4.88 Å². The maximum atomic E-state index is 12.0. The summed E-state index contributed by atoms with van der Waals surface area (Å²) >= 11 is 0.910. The van der Waals surface area contributed by atoms with E-state index in [2.05, 4.69) is 10.3 Å². The summed E-state index contributed by atoms with van der Waals surface area (Å²) in [7, 11) is 0. The molecule has 1 aliphatic heterocycles. The van der Waals surface area contributed by atoms with Gasteiger partial charge in [0.15, 0.2) is 11.5 Å². The Morgan fingerprint density at radius 2 is 2.20 bits per heavy atom. The fraction of sp³-hybridized carbons (Fsp3) is 0.231. The number of thiazole rings is 1. The molecule has 0 fully saturated rings. The van der Waals surface area contributed by atoms with E-state index in [1.807, 2.05) is 18.2 Å². The number of hydrogen-bond acceptors (Lipinski definition) is 5. The molecule has 7 heteroatoms. The lowest BCUT2D eigenvalue weighted by molar-refractivity contribution is 0.0954. The Morgan fingerprint density at radius 3 is 2.95 bits per heavy atom. The highest BCUT2D eigenvalue weighted by Gasteiger charge is 2.15. The fourth-order valence-corrected chi connectivity index (χ4v) is 2.69. The molecule has 0 bridgehead atoms. The van der Waals surface area contributed by atoms with Gasteiger partial charge in [0.2, 0.25) is 6.79 Å². The topological polar surface area (TPSA) is 80.4 Å². The number of ether oxygens (including phenoxy) is 2. The number of carbonyl (C=O) groups excluding carboxylic acids is 1. The number of H-pyrrole nitrogens is 1. The van der Waals surface area contributed by atoms with Gasteiger partial charge in [-0.25, -0.2) is 0 Å². The van der Waals surface area contributed by atoms with Crippen molar-refractivity contribution in [2.24, 2.45) is 0 Å². The van der Waals surface area contributed by atoms with E-state index in [0.29, 0.717) is 28.6 Å². The predicted octanol–water partition coefficient (Wildman–Crippen LogP) is 1.40. The van der Waals surface area contributed by atoms with E-state index in [1.165, 1.54) is 0 Å². The normalized spacial score (nSPS) is 12.4. The van der Waals surface area contributed by atoms with Gasteiger partial charge in [0.25, 0.3) is 5.91 Å². The van der Waals surface area contributed by atoms with Crippen LogP contribution in [0.3, 0.4) is 0 Å². The van der Waals surface area contributed by atoms with Crippen LogP contribution in [0.25, 0.3) is 0 Å². The number of hydrogen-bond donors (Lipinski definition) is 2. The maximum Gasteiger partial charge on any atom is 0.305 e. The standard InChI is InChI=1S/C13H12N2O4S/c1-7-11(20-13(17)15-7)12(16)14-5-8-2-3-9-10(4-8)19-6-18-9/h2-4H,5-6H2,1H3,(H,14,16)(H,15,17). The first kappa shape index (κ1) is 12.7. The van der Waals surface area contributed by atoms with Crippen molar-refractivity contribution in [3.05, 3.63) is 44.0 Å². The van der Waals surface area contributed by atoms with Crippen LogP contribution >= 0.6 is 11.3 Å². The number of aryl methyl sites for hydroxylation is 1. The third kappa shape index (κ3) is 2.39. The number of aromatic nitrogens is 1. The first-order chi connectivity index (χ1) is 9.63. The summed E-state index contributed by atoms with van der Waals surface area (Å²) in [4.78, 5) is 25.9. The van der Waals surface area contributed by atoms with E-state index in [0.717, 1.165) is 16.9 Å². The predicted molar refractivity (Wildman–Crippen MR) is 73.4 cm³/mol. The van der Waals surface area contributed by atoms with Crippen LogP contribution in [0.1, 0.15) is 20.9 Å². The van der Waals surface area contributed by atoms with Gasteiger partial charge in [-0.2, -0.15) is 0 Å². The van der Waals surface area contributed by atoms with Gasteiger partial charge in [0, 0.05) is 12.2 Å². The Bertz CT molecular complexity index is 719. The van der Waals surface area contributed by atoms with Gasteiger partial charge in [-0.3, -0.25) is 9.59 Å². The van der Waals surface area contributed by atoms with Crippen molar-refractivity contribution in [3.63, 3.8) is 0 Å². The summed E-state index contributed by atoms with van der Waals surface area (Å²) in [5.41, 5.74) is 1.49. The van der Waals surface area contributed by atoms with Crippen molar-refractivity contribution < 1.29 is 14.3 Å². The Balaban J connectivity index is 1.69. The highest BCUT2D eigenvalue weighted by Crippen LogP contribution is 2.32. The first-order valence-corrected chi connectivity index (χ1v) is 6.81. The molecule has 1 aromatic carbocycles. The summed E-state index contributed by atoms with van der Waals surface area (Å²) in [6, 6.07) is 5.50. The minimum Gasteiger partial charge on any atom is -0.454 e. The molecule has 2 aromatic rings.